The van der Waals surface area contributed by atoms with Crippen molar-refractivity contribution in [2.24, 2.45) is 0 Å². The summed E-state index contributed by atoms with van der Waals surface area (Å²) < 4.78 is 0. The fourth-order valence-electron chi connectivity index (χ4n) is 1.76. The minimum absolute atomic E-state index is 0. The molecule has 0 spiro atoms. The van der Waals surface area contributed by atoms with Crippen molar-refractivity contribution in [3.8, 4) is 11.4 Å². The van der Waals surface area contributed by atoms with E-state index in [4.69, 9.17) is 0 Å². The number of phenols is 1. The van der Waals surface area contributed by atoms with Crippen LogP contribution in [0.5, 0.6) is 5.75 Å². The molecule has 1 N–H and O–H groups in total. The van der Waals surface area contributed by atoms with Gasteiger partial charge in [0.2, 0.25) is 0 Å². The van der Waals surface area contributed by atoms with E-state index in [1.54, 1.807) is 6.07 Å². The zero-order valence-electron chi connectivity index (χ0n) is 10.3. The Hall–Kier alpha value is -0.724. The van der Waals surface area contributed by atoms with Crippen LogP contribution in [0, 0.1) is 38.0 Å². The number of aryl methyl sites for hydroxylation is 1. The van der Waals surface area contributed by atoms with Gasteiger partial charge in [-0.25, -0.2) is 0 Å². The van der Waals surface area contributed by atoms with E-state index in [1.807, 2.05) is 43.3 Å². The molecule has 0 aliphatic rings. The third-order valence-electron chi connectivity index (χ3n) is 2.63. The fraction of sp³-hybridized carbons (Fsp3) is 0.0769. The molecule has 0 aliphatic carbocycles. The van der Waals surface area contributed by atoms with E-state index in [0.717, 1.165) is 16.6 Å². The van der Waals surface area contributed by atoms with E-state index in [1.165, 1.54) is 4.80 Å². The monoisotopic (exact) mass is 514 g/mol. The van der Waals surface area contributed by atoms with Crippen LogP contribution < -0.4 is 0 Å². The SMILES string of the molecule is Cc1ccc(O)c(-n2nc3ccccc3n2)c1.[U].[V]. The molecule has 0 saturated heterocycles. The molecule has 1 aromatic heterocycles. The van der Waals surface area contributed by atoms with Gasteiger partial charge in [0.25, 0.3) is 0 Å². The predicted octanol–water partition coefficient (Wildman–Crippen LogP) is 2.43. The molecule has 0 bridgehead atoms. The molecule has 2 aromatic carbocycles. The number of aromatic nitrogens is 3. The minimum Gasteiger partial charge on any atom is -0.506 e. The van der Waals surface area contributed by atoms with Crippen molar-refractivity contribution in [1.82, 2.24) is 15.0 Å². The van der Waals surface area contributed by atoms with Crippen LogP contribution in [0.1, 0.15) is 5.56 Å². The topological polar surface area (TPSA) is 50.9 Å². The quantitative estimate of drug-likeness (QED) is 0.543. The molecule has 0 aliphatic heterocycles. The maximum atomic E-state index is 9.81. The Bertz CT molecular complexity index is 666. The summed E-state index contributed by atoms with van der Waals surface area (Å²) in [4.78, 5) is 1.47. The van der Waals surface area contributed by atoms with Gasteiger partial charge in [0, 0.05) is 49.7 Å². The van der Waals surface area contributed by atoms with Crippen molar-refractivity contribution in [3.05, 3.63) is 48.0 Å². The van der Waals surface area contributed by atoms with E-state index in [9.17, 15) is 5.11 Å². The smallest absolute Gasteiger partial charge is 0.143 e. The first-order valence-corrected chi connectivity index (χ1v) is 5.36. The first-order chi connectivity index (χ1) is 8.24. The maximum Gasteiger partial charge on any atom is 0.143 e. The summed E-state index contributed by atoms with van der Waals surface area (Å²) >= 11 is 0. The van der Waals surface area contributed by atoms with E-state index < -0.39 is 0 Å². The fourth-order valence-corrected chi connectivity index (χ4v) is 1.76. The molecule has 93 valence electrons. The molecule has 3 aromatic rings. The van der Waals surface area contributed by atoms with Gasteiger partial charge < -0.3 is 5.11 Å². The van der Waals surface area contributed by atoms with Crippen molar-refractivity contribution >= 4 is 11.0 Å². The number of fused-ring (bicyclic) bond motifs is 1. The van der Waals surface area contributed by atoms with E-state index in [-0.39, 0.29) is 55.4 Å². The average Bonchev–Trinajstić information content (AvgIpc) is 2.75. The third-order valence-corrected chi connectivity index (χ3v) is 2.63. The number of phenolic OH excluding ortho intramolecular Hbond substituents is 1. The van der Waals surface area contributed by atoms with Crippen LogP contribution >= 0.6 is 0 Å². The minimum atomic E-state index is 0. The summed E-state index contributed by atoms with van der Waals surface area (Å²) in [7, 11) is 0. The number of hydrogen-bond donors (Lipinski definition) is 1. The third kappa shape index (κ3) is 3.24. The van der Waals surface area contributed by atoms with E-state index >= 15 is 0 Å². The van der Waals surface area contributed by atoms with Gasteiger partial charge in [0.15, 0.2) is 0 Å². The van der Waals surface area contributed by atoms with Crippen LogP contribution in [0.2, 0.25) is 0 Å². The second-order valence-corrected chi connectivity index (χ2v) is 3.97. The largest absolute Gasteiger partial charge is 0.506 e. The van der Waals surface area contributed by atoms with Crippen LogP contribution in [-0.2, 0) is 18.6 Å². The molecule has 0 amide bonds. The van der Waals surface area contributed by atoms with E-state index in [2.05, 4.69) is 10.2 Å². The molecule has 0 fully saturated rings. The molecule has 0 unspecified atom stereocenters. The van der Waals surface area contributed by atoms with Gasteiger partial charge in [-0.3, -0.25) is 0 Å². The van der Waals surface area contributed by atoms with Crippen LogP contribution in [0.15, 0.2) is 42.5 Å². The van der Waals surface area contributed by atoms with Gasteiger partial charge >= 0.3 is 0 Å². The molecular formula is C13H11N3OUV. The number of rotatable bonds is 1. The Kier molecular flexibility index (Phi) is 5.70. The summed E-state index contributed by atoms with van der Waals surface area (Å²) in [6.07, 6.45) is 0. The first kappa shape index (κ1) is 16.3. The number of aromatic hydroxyl groups is 1. The van der Waals surface area contributed by atoms with Crippen molar-refractivity contribution in [2.45, 2.75) is 6.92 Å². The molecular weight excluding hydrogens is 503 g/mol. The van der Waals surface area contributed by atoms with Crippen LogP contribution in [0.25, 0.3) is 16.7 Å². The second kappa shape index (κ2) is 6.63. The van der Waals surface area contributed by atoms with Gasteiger partial charge in [-0.05, 0) is 36.8 Å². The van der Waals surface area contributed by atoms with Crippen LogP contribution in [0.3, 0.4) is 0 Å². The second-order valence-electron chi connectivity index (χ2n) is 3.97. The molecule has 1 heterocycles. The standard InChI is InChI=1S/C13H11N3O.U.V/c1-9-6-7-13(17)12(8-9)16-14-10-4-2-3-5-11(10)15-16;;/h2-8,17H,1H3;;. The van der Waals surface area contributed by atoms with Gasteiger partial charge in [0.1, 0.15) is 22.5 Å². The summed E-state index contributed by atoms with van der Waals surface area (Å²) in [5.41, 5.74) is 3.28. The van der Waals surface area contributed by atoms with Gasteiger partial charge in [-0.15, -0.1) is 15.0 Å². The van der Waals surface area contributed by atoms with Gasteiger partial charge in [-0.2, -0.15) is 0 Å². The number of nitrogens with zero attached hydrogens (tertiary/aromatic N) is 3. The van der Waals surface area contributed by atoms with Crippen molar-refractivity contribution in [2.75, 3.05) is 0 Å². The Morgan fingerprint density at radius 3 is 2.16 bits per heavy atom. The number of hydrogen-bond acceptors (Lipinski definition) is 3. The summed E-state index contributed by atoms with van der Waals surface area (Å²) in [6.45, 7) is 1.96. The number of benzene rings is 2. The van der Waals surface area contributed by atoms with Gasteiger partial charge in [0.05, 0.1) is 0 Å². The Balaban J connectivity index is 0.000000902. The normalized spacial score (nSPS) is 9.74. The predicted molar refractivity (Wildman–Crippen MR) is 65.3 cm³/mol. The Morgan fingerprint density at radius 2 is 1.58 bits per heavy atom. The summed E-state index contributed by atoms with van der Waals surface area (Å²) in [5, 5.41) is 18.5. The molecule has 1 radical (unpaired) electrons. The maximum absolute atomic E-state index is 9.81. The molecule has 0 atom stereocenters. The zero-order chi connectivity index (χ0) is 11.8. The van der Waals surface area contributed by atoms with Crippen molar-refractivity contribution in [3.63, 3.8) is 0 Å². The Morgan fingerprint density at radius 1 is 1.00 bits per heavy atom. The van der Waals surface area contributed by atoms with Crippen molar-refractivity contribution in [1.29, 1.82) is 0 Å². The summed E-state index contributed by atoms with van der Waals surface area (Å²) in [5.74, 6) is 0.177. The summed E-state index contributed by atoms with van der Waals surface area (Å²) in [6, 6.07) is 13.0. The average molecular weight is 514 g/mol. The zero-order valence-corrected chi connectivity index (χ0v) is 15.8. The first-order valence-electron chi connectivity index (χ1n) is 5.36. The molecule has 0 saturated carbocycles. The van der Waals surface area contributed by atoms with Crippen LogP contribution in [-0.4, -0.2) is 20.1 Å². The molecule has 4 nitrogen and oxygen atoms in total. The van der Waals surface area contributed by atoms with E-state index in [0.29, 0.717) is 5.69 Å². The molecule has 19 heavy (non-hydrogen) atoms. The van der Waals surface area contributed by atoms with Gasteiger partial charge in [-0.1, -0.05) is 18.2 Å². The molecule has 3 rings (SSSR count). The Labute approximate surface area is 146 Å². The van der Waals surface area contributed by atoms with Crippen molar-refractivity contribution < 1.29 is 54.8 Å². The molecule has 6 heteroatoms. The van der Waals surface area contributed by atoms with Crippen LogP contribution in [0.4, 0.5) is 0 Å².